The zero-order valence-corrected chi connectivity index (χ0v) is 11.3. The molecule has 0 aromatic heterocycles. The van der Waals surface area contributed by atoms with Crippen molar-refractivity contribution >= 4 is 24.0 Å². The molecule has 2 N–H and O–H groups in total. The van der Waals surface area contributed by atoms with Crippen molar-refractivity contribution in [2.45, 2.75) is 25.6 Å². The Morgan fingerprint density at radius 3 is 2.44 bits per heavy atom. The third-order valence-corrected chi connectivity index (χ3v) is 2.63. The minimum Gasteiger partial charge on any atom is -0.324 e. The highest BCUT2D eigenvalue weighted by molar-refractivity contribution is 6.31. The summed E-state index contributed by atoms with van der Waals surface area (Å²) in [5.41, 5.74) is 5.62. The van der Waals surface area contributed by atoms with E-state index in [1.54, 1.807) is 6.92 Å². The van der Waals surface area contributed by atoms with Gasteiger partial charge in [-0.25, -0.2) is 0 Å². The first-order chi connectivity index (χ1) is 7.73. The van der Waals surface area contributed by atoms with Gasteiger partial charge in [-0.15, -0.1) is 19.0 Å². The van der Waals surface area contributed by atoms with Crippen LogP contribution < -0.4 is 5.73 Å². The Balaban J connectivity index is 0.00000289. The van der Waals surface area contributed by atoms with Crippen LogP contribution in [0.3, 0.4) is 0 Å². The molecule has 0 aliphatic carbocycles. The molecule has 0 saturated heterocycles. The summed E-state index contributed by atoms with van der Waals surface area (Å²) in [4.78, 5) is 0. The van der Waals surface area contributed by atoms with Crippen LogP contribution in [0.2, 0.25) is 5.02 Å². The molecule has 102 valence electrons. The summed E-state index contributed by atoms with van der Waals surface area (Å²) in [6, 6.07) is 2.87. The SMILES string of the molecule is C=C(C)C[C@@H](N)c1c(Cl)cccc1C(F)(F)F.Cl. The molecular formula is C12H14Cl2F3N. The second-order valence-corrected chi connectivity index (χ2v) is 4.37. The van der Waals surface area contributed by atoms with Gasteiger partial charge >= 0.3 is 6.18 Å². The highest BCUT2D eigenvalue weighted by Crippen LogP contribution is 2.38. The predicted molar refractivity (Wildman–Crippen MR) is 70.1 cm³/mol. The summed E-state index contributed by atoms with van der Waals surface area (Å²) in [6.45, 7) is 5.35. The largest absolute Gasteiger partial charge is 0.416 e. The van der Waals surface area contributed by atoms with E-state index in [2.05, 4.69) is 6.58 Å². The van der Waals surface area contributed by atoms with Gasteiger partial charge in [-0.3, -0.25) is 0 Å². The Morgan fingerprint density at radius 1 is 1.44 bits per heavy atom. The topological polar surface area (TPSA) is 26.0 Å². The van der Waals surface area contributed by atoms with Crippen molar-refractivity contribution in [1.82, 2.24) is 0 Å². The van der Waals surface area contributed by atoms with Gasteiger partial charge in [-0.2, -0.15) is 13.2 Å². The van der Waals surface area contributed by atoms with Gasteiger partial charge < -0.3 is 5.73 Å². The monoisotopic (exact) mass is 299 g/mol. The molecule has 0 saturated carbocycles. The van der Waals surface area contributed by atoms with Crippen LogP contribution >= 0.6 is 24.0 Å². The molecule has 0 heterocycles. The third-order valence-electron chi connectivity index (χ3n) is 2.30. The van der Waals surface area contributed by atoms with Gasteiger partial charge in [0.05, 0.1) is 5.56 Å². The van der Waals surface area contributed by atoms with Crippen LogP contribution in [0.25, 0.3) is 0 Å². The fourth-order valence-electron chi connectivity index (χ4n) is 1.64. The second-order valence-electron chi connectivity index (χ2n) is 3.97. The Labute approximate surface area is 115 Å². The van der Waals surface area contributed by atoms with Crippen LogP contribution in [0, 0.1) is 0 Å². The van der Waals surface area contributed by atoms with E-state index in [4.69, 9.17) is 17.3 Å². The minimum atomic E-state index is -4.45. The molecule has 1 aromatic carbocycles. The molecule has 0 spiro atoms. The average Bonchev–Trinajstić information content (AvgIpc) is 2.14. The van der Waals surface area contributed by atoms with Crippen molar-refractivity contribution in [3.05, 3.63) is 46.5 Å². The van der Waals surface area contributed by atoms with Gasteiger partial charge in [0, 0.05) is 11.1 Å². The van der Waals surface area contributed by atoms with Crippen molar-refractivity contribution in [3.8, 4) is 0 Å². The standard InChI is InChI=1S/C12H13ClF3N.ClH/c1-7(2)6-10(17)11-8(12(14,15)16)4-3-5-9(11)13;/h3-5,10H,1,6,17H2,2H3;1H/t10-;/m1./s1. The van der Waals surface area contributed by atoms with Gasteiger partial charge in [0.1, 0.15) is 0 Å². The van der Waals surface area contributed by atoms with Crippen LogP contribution in [0.15, 0.2) is 30.4 Å². The van der Waals surface area contributed by atoms with Crippen molar-refractivity contribution in [2.24, 2.45) is 5.73 Å². The zero-order chi connectivity index (χ0) is 13.2. The van der Waals surface area contributed by atoms with Crippen molar-refractivity contribution in [1.29, 1.82) is 0 Å². The molecule has 0 fully saturated rings. The first-order valence-electron chi connectivity index (χ1n) is 4.99. The van der Waals surface area contributed by atoms with Gasteiger partial charge in [-0.05, 0) is 31.0 Å². The lowest BCUT2D eigenvalue weighted by atomic mass is 9.96. The van der Waals surface area contributed by atoms with E-state index in [0.717, 1.165) is 6.07 Å². The first kappa shape index (κ1) is 17.3. The molecule has 0 aliphatic heterocycles. The Morgan fingerprint density at radius 2 is 2.00 bits per heavy atom. The quantitative estimate of drug-likeness (QED) is 0.801. The molecule has 0 radical (unpaired) electrons. The normalized spacial score (nSPS) is 12.8. The van der Waals surface area contributed by atoms with E-state index < -0.39 is 17.8 Å². The number of hydrogen-bond acceptors (Lipinski definition) is 1. The second kappa shape index (κ2) is 6.45. The highest BCUT2D eigenvalue weighted by Gasteiger charge is 2.35. The van der Waals surface area contributed by atoms with Crippen LogP contribution in [0.5, 0.6) is 0 Å². The summed E-state index contributed by atoms with van der Waals surface area (Å²) in [5, 5.41) is 0.0357. The van der Waals surface area contributed by atoms with E-state index in [-0.39, 0.29) is 29.4 Å². The van der Waals surface area contributed by atoms with Crippen LogP contribution in [-0.2, 0) is 6.18 Å². The maximum atomic E-state index is 12.8. The molecule has 0 amide bonds. The number of halogens is 5. The number of hydrogen-bond donors (Lipinski definition) is 1. The van der Waals surface area contributed by atoms with Gasteiger partial charge in [-0.1, -0.05) is 23.2 Å². The van der Waals surface area contributed by atoms with E-state index in [0.29, 0.717) is 5.57 Å². The number of nitrogens with two attached hydrogens (primary N) is 1. The molecule has 1 atom stereocenters. The first-order valence-corrected chi connectivity index (χ1v) is 5.37. The predicted octanol–water partition coefficient (Wildman–Crippen LogP) is 4.75. The van der Waals surface area contributed by atoms with Crippen LogP contribution in [-0.4, -0.2) is 0 Å². The van der Waals surface area contributed by atoms with Crippen molar-refractivity contribution in [2.75, 3.05) is 0 Å². The lowest BCUT2D eigenvalue weighted by Gasteiger charge is -2.19. The zero-order valence-electron chi connectivity index (χ0n) is 9.72. The molecule has 0 bridgehead atoms. The Bertz CT molecular complexity index is 430. The maximum absolute atomic E-state index is 12.8. The average molecular weight is 300 g/mol. The molecular weight excluding hydrogens is 286 g/mol. The van der Waals surface area contributed by atoms with E-state index >= 15 is 0 Å². The smallest absolute Gasteiger partial charge is 0.324 e. The van der Waals surface area contributed by atoms with Gasteiger partial charge in [0.25, 0.3) is 0 Å². The van der Waals surface area contributed by atoms with E-state index in [1.807, 2.05) is 0 Å². The molecule has 0 unspecified atom stereocenters. The highest BCUT2D eigenvalue weighted by atomic mass is 35.5. The Hall–Kier alpha value is -0.710. The van der Waals surface area contributed by atoms with Crippen LogP contribution in [0.4, 0.5) is 13.2 Å². The molecule has 6 heteroatoms. The number of alkyl halides is 3. The van der Waals surface area contributed by atoms with E-state index in [1.165, 1.54) is 12.1 Å². The lowest BCUT2D eigenvalue weighted by molar-refractivity contribution is -0.138. The third kappa shape index (κ3) is 4.19. The van der Waals surface area contributed by atoms with E-state index in [9.17, 15) is 13.2 Å². The molecule has 1 rings (SSSR count). The summed E-state index contributed by atoms with van der Waals surface area (Å²) in [6.07, 6.45) is -4.18. The fourth-order valence-corrected chi connectivity index (χ4v) is 1.95. The van der Waals surface area contributed by atoms with Gasteiger partial charge in [0.2, 0.25) is 0 Å². The Kier molecular flexibility index (Phi) is 6.20. The molecule has 1 aromatic rings. The van der Waals surface area contributed by atoms with Crippen molar-refractivity contribution in [3.63, 3.8) is 0 Å². The summed E-state index contributed by atoms with van der Waals surface area (Å²) >= 11 is 5.80. The fraction of sp³-hybridized carbons (Fsp3) is 0.333. The van der Waals surface area contributed by atoms with Gasteiger partial charge in [0.15, 0.2) is 0 Å². The molecule has 18 heavy (non-hydrogen) atoms. The summed E-state index contributed by atoms with van der Waals surface area (Å²) in [5.74, 6) is 0. The van der Waals surface area contributed by atoms with Crippen molar-refractivity contribution < 1.29 is 13.2 Å². The number of rotatable bonds is 3. The molecule has 0 aliphatic rings. The lowest BCUT2D eigenvalue weighted by Crippen LogP contribution is -2.18. The minimum absolute atomic E-state index is 0. The van der Waals surface area contributed by atoms with Crippen LogP contribution in [0.1, 0.15) is 30.5 Å². The number of benzene rings is 1. The summed E-state index contributed by atoms with van der Waals surface area (Å²) in [7, 11) is 0. The maximum Gasteiger partial charge on any atom is 0.416 e. The molecule has 1 nitrogen and oxygen atoms in total. The summed E-state index contributed by atoms with van der Waals surface area (Å²) < 4.78 is 38.4.